The van der Waals surface area contributed by atoms with E-state index < -0.39 is 0 Å². The molecule has 3 heterocycles. The molecule has 0 saturated carbocycles. The molecular formula is C16H24N2O3. The van der Waals surface area contributed by atoms with Crippen LogP contribution in [-0.2, 0) is 14.3 Å². The summed E-state index contributed by atoms with van der Waals surface area (Å²) >= 11 is 0. The van der Waals surface area contributed by atoms with Crippen molar-refractivity contribution in [1.82, 2.24) is 9.80 Å². The first kappa shape index (κ1) is 14.6. The van der Waals surface area contributed by atoms with Crippen molar-refractivity contribution in [3.63, 3.8) is 0 Å². The zero-order valence-corrected chi connectivity index (χ0v) is 12.6. The molecule has 2 atom stereocenters. The lowest BCUT2D eigenvalue weighted by atomic mass is 9.78. The van der Waals surface area contributed by atoms with Gasteiger partial charge >= 0.3 is 0 Å². The van der Waals surface area contributed by atoms with Crippen molar-refractivity contribution in [3.05, 3.63) is 12.7 Å². The highest BCUT2D eigenvalue weighted by Crippen LogP contribution is 2.40. The lowest BCUT2D eigenvalue weighted by Crippen LogP contribution is -2.51. The van der Waals surface area contributed by atoms with Gasteiger partial charge in [0.2, 0.25) is 11.8 Å². The number of carbonyl (C=O) groups is 2. The molecular weight excluding hydrogens is 268 g/mol. The monoisotopic (exact) mass is 292 g/mol. The molecule has 0 unspecified atom stereocenters. The van der Waals surface area contributed by atoms with Gasteiger partial charge in [0.1, 0.15) is 0 Å². The Kier molecular flexibility index (Phi) is 4.02. The standard InChI is InChI=1S/C16H24N2O3/c1-2-7-17-9-6-16(15(17)20)5-3-8-18(12-16)14(19)13-4-10-21-11-13/h2,13H,1,3-12H2/t13-,16+/m1/s1. The molecule has 0 radical (unpaired) electrons. The van der Waals surface area contributed by atoms with E-state index in [1.807, 2.05) is 9.80 Å². The summed E-state index contributed by atoms with van der Waals surface area (Å²) < 4.78 is 5.32. The number of rotatable bonds is 3. The van der Waals surface area contributed by atoms with E-state index in [4.69, 9.17) is 4.74 Å². The van der Waals surface area contributed by atoms with E-state index in [2.05, 4.69) is 6.58 Å². The van der Waals surface area contributed by atoms with Gasteiger partial charge in [0.05, 0.1) is 17.9 Å². The van der Waals surface area contributed by atoms with Crippen molar-refractivity contribution in [2.24, 2.45) is 11.3 Å². The van der Waals surface area contributed by atoms with Gasteiger partial charge in [0.25, 0.3) is 0 Å². The van der Waals surface area contributed by atoms with Crippen molar-refractivity contribution in [2.45, 2.75) is 25.7 Å². The van der Waals surface area contributed by atoms with Gasteiger partial charge in [-0.1, -0.05) is 6.08 Å². The topological polar surface area (TPSA) is 49.9 Å². The Morgan fingerprint density at radius 1 is 1.43 bits per heavy atom. The van der Waals surface area contributed by atoms with Crippen LogP contribution in [0.25, 0.3) is 0 Å². The van der Waals surface area contributed by atoms with Crippen LogP contribution in [0.5, 0.6) is 0 Å². The molecule has 1 spiro atoms. The van der Waals surface area contributed by atoms with Gasteiger partial charge in [-0.25, -0.2) is 0 Å². The largest absolute Gasteiger partial charge is 0.381 e. The molecule has 116 valence electrons. The average Bonchev–Trinajstić information content (AvgIpc) is 3.12. The summed E-state index contributed by atoms with van der Waals surface area (Å²) in [5.74, 6) is 0.394. The molecule has 3 saturated heterocycles. The number of nitrogens with zero attached hydrogens (tertiary/aromatic N) is 2. The van der Waals surface area contributed by atoms with Gasteiger partial charge in [-0.15, -0.1) is 6.58 Å². The Bertz CT molecular complexity index is 445. The van der Waals surface area contributed by atoms with E-state index in [9.17, 15) is 9.59 Å². The zero-order valence-electron chi connectivity index (χ0n) is 12.6. The molecule has 0 aliphatic carbocycles. The Hall–Kier alpha value is -1.36. The summed E-state index contributed by atoms with van der Waals surface area (Å²) in [4.78, 5) is 29.0. The van der Waals surface area contributed by atoms with Crippen LogP contribution in [0.4, 0.5) is 0 Å². The third-order valence-electron chi connectivity index (χ3n) is 5.12. The van der Waals surface area contributed by atoms with Gasteiger partial charge in [-0.05, 0) is 25.7 Å². The lowest BCUT2D eigenvalue weighted by molar-refractivity contribution is -0.145. The van der Waals surface area contributed by atoms with Gasteiger partial charge in [-0.2, -0.15) is 0 Å². The summed E-state index contributed by atoms with van der Waals surface area (Å²) in [7, 11) is 0. The minimum Gasteiger partial charge on any atom is -0.381 e. The molecule has 21 heavy (non-hydrogen) atoms. The van der Waals surface area contributed by atoms with E-state index in [1.54, 1.807) is 6.08 Å². The molecule has 0 bridgehead atoms. The number of ether oxygens (including phenoxy) is 1. The summed E-state index contributed by atoms with van der Waals surface area (Å²) in [6.07, 6.45) is 5.29. The van der Waals surface area contributed by atoms with E-state index in [0.29, 0.717) is 26.3 Å². The van der Waals surface area contributed by atoms with E-state index in [0.717, 1.165) is 38.8 Å². The maximum atomic E-state index is 12.7. The summed E-state index contributed by atoms with van der Waals surface area (Å²) in [6.45, 7) is 7.72. The highest BCUT2D eigenvalue weighted by molar-refractivity contribution is 5.87. The fourth-order valence-electron chi connectivity index (χ4n) is 3.91. The van der Waals surface area contributed by atoms with E-state index >= 15 is 0 Å². The quantitative estimate of drug-likeness (QED) is 0.731. The van der Waals surface area contributed by atoms with E-state index in [-0.39, 0.29) is 23.1 Å². The maximum absolute atomic E-state index is 12.7. The van der Waals surface area contributed by atoms with Crippen LogP contribution in [0.15, 0.2) is 12.7 Å². The number of piperidine rings is 1. The van der Waals surface area contributed by atoms with Crippen LogP contribution in [0.2, 0.25) is 0 Å². The van der Waals surface area contributed by atoms with E-state index in [1.165, 1.54) is 0 Å². The van der Waals surface area contributed by atoms with Crippen molar-refractivity contribution >= 4 is 11.8 Å². The number of hydrogen-bond acceptors (Lipinski definition) is 3. The molecule has 5 nitrogen and oxygen atoms in total. The predicted octanol–water partition coefficient (Wildman–Crippen LogP) is 1.05. The second kappa shape index (κ2) is 5.79. The SMILES string of the molecule is C=CCN1CC[C@]2(CCCN(C(=O)[C@@H]3CCOC3)C2)C1=O. The van der Waals surface area contributed by atoms with Crippen LogP contribution in [0, 0.1) is 11.3 Å². The molecule has 3 aliphatic rings. The average molecular weight is 292 g/mol. The second-order valence-electron chi connectivity index (χ2n) is 6.49. The fraction of sp³-hybridized carbons (Fsp3) is 0.750. The number of carbonyl (C=O) groups excluding carboxylic acids is 2. The minimum atomic E-state index is -0.337. The third-order valence-corrected chi connectivity index (χ3v) is 5.12. The highest BCUT2D eigenvalue weighted by atomic mass is 16.5. The van der Waals surface area contributed by atoms with Crippen LogP contribution in [0.3, 0.4) is 0 Å². The van der Waals surface area contributed by atoms with Gasteiger partial charge in [0, 0.05) is 32.8 Å². The fourth-order valence-corrected chi connectivity index (χ4v) is 3.91. The lowest BCUT2D eigenvalue weighted by Gasteiger charge is -2.39. The Morgan fingerprint density at radius 3 is 3.00 bits per heavy atom. The first-order valence-electron chi connectivity index (χ1n) is 7.93. The molecule has 0 N–H and O–H groups in total. The molecule has 0 aromatic rings. The van der Waals surface area contributed by atoms with Gasteiger partial charge in [0.15, 0.2) is 0 Å². The first-order chi connectivity index (χ1) is 10.2. The first-order valence-corrected chi connectivity index (χ1v) is 7.93. The summed E-state index contributed by atoms with van der Waals surface area (Å²) in [6, 6.07) is 0. The zero-order chi connectivity index (χ0) is 14.9. The highest BCUT2D eigenvalue weighted by Gasteiger charge is 2.49. The molecule has 2 amide bonds. The molecule has 5 heteroatoms. The molecule has 0 aromatic heterocycles. The Balaban J connectivity index is 1.69. The predicted molar refractivity (Wildman–Crippen MR) is 78.6 cm³/mol. The van der Waals surface area contributed by atoms with Crippen molar-refractivity contribution in [2.75, 3.05) is 39.4 Å². The summed E-state index contributed by atoms with van der Waals surface area (Å²) in [5, 5.41) is 0. The Morgan fingerprint density at radius 2 is 2.29 bits per heavy atom. The minimum absolute atomic E-state index is 0.000864. The maximum Gasteiger partial charge on any atom is 0.230 e. The van der Waals surface area contributed by atoms with Gasteiger partial charge < -0.3 is 14.5 Å². The molecule has 3 aliphatic heterocycles. The van der Waals surface area contributed by atoms with Crippen LogP contribution >= 0.6 is 0 Å². The van der Waals surface area contributed by atoms with Gasteiger partial charge in [-0.3, -0.25) is 9.59 Å². The summed E-state index contributed by atoms with van der Waals surface area (Å²) in [5.41, 5.74) is -0.337. The smallest absolute Gasteiger partial charge is 0.230 e. The number of likely N-dealkylation sites (tertiary alicyclic amines) is 2. The van der Waals surface area contributed by atoms with Crippen LogP contribution in [0.1, 0.15) is 25.7 Å². The third kappa shape index (κ3) is 2.59. The normalized spacial score (nSPS) is 33.0. The van der Waals surface area contributed by atoms with Crippen molar-refractivity contribution < 1.29 is 14.3 Å². The van der Waals surface area contributed by atoms with Crippen molar-refractivity contribution in [1.29, 1.82) is 0 Å². The molecule has 3 rings (SSSR count). The second-order valence-corrected chi connectivity index (χ2v) is 6.49. The van der Waals surface area contributed by atoms with Crippen LogP contribution in [-0.4, -0.2) is 61.0 Å². The van der Waals surface area contributed by atoms with Crippen LogP contribution < -0.4 is 0 Å². The van der Waals surface area contributed by atoms with Crippen molar-refractivity contribution in [3.8, 4) is 0 Å². The number of amides is 2. The number of hydrogen-bond donors (Lipinski definition) is 0. The molecule has 3 fully saturated rings. The molecule has 0 aromatic carbocycles. The Labute approximate surface area is 125 Å².